The number of morpholine rings is 2. The molecule has 2 saturated heterocycles. The molecule has 2 rings (SSSR count). The van der Waals surface area contributed by atoms with Crippen molar-refractivity contribution >= 4 is 5.91 Å². The van der Waals surface area contributed by atoms with Gasteiger partial charge in [-0.25, -0.2) is 0 Å². The number of aliphatic hydroxyl groups is 1. The van der Waals surface area contributed by atoms with E-state index in [1.165, 1.54) is 0 Å². The van der Waals surface area contributed by atoms with Gasteiger partial charge in [-0.15, -0.1) is 0 Å². The number of nitrogens with one attached hydrogen (secondary N) is 1. The maximum absolute atomic E-state index is 12.0. The second-order valence-corrected chi connectivity index (χ2v) is 4.45. The average molecular weight is 244 g/mol. The van der Waals surface area contributed by atoms with Gasteiger partial charge in [-0.2, -0.15) is 0 Å². The fourth-order valence-corrected chi connectivity index (χ4v) is 2.15. The Hall–Kier alpha value is -0.690. The van der Waals surface area contributed by atoms with Crippen molar-refractivity contribution in [2.75, 3.05) is 46.1 Å². The van der Waals surface area contributed by atoms with Crippen LogP contribution in [0, 0.1) is 0 Å². The number of hydrogen-bond acceptors (Lipinski definition) is 5. The third kappa shape index (κ3) is 3.64. The van der Waals surface area contributed by atoms with E-state index >= 15 is 0 Å². The van der Waals surface area contributed by atoms with E-state index in [1.807, 2.05) is 0 Å². The molecule has 1 amide bonds. The minimum absolute atomic E-state index is 0.0332. The second kappa shape index (κ2) is 6.30. The third-order valence-corrected chi connectivity index (χ3v) is 3.11. The first-order valence-corrected chi connectivity index (χ1v) is 6.11. The van der Waals surface area contributed by atoms with E-state index in [4.69, 9.17) is 14.6 Å². The molecule has 0 radical (unpaired) electrons. The Labute approximate surface area is 101 Å². The van der Waals surface area contributed by atoms with Gasteiger partial charge in [0.25, 0.3) is 0 Å². The number of rotatable bonds is 3. The zero-order chi connectivity index (χ0) is 12.1. The van der Waals surface area contributed by atoms with E-state index in [1.54, 1.807) is 4.90 Å². The highest BCUT2D eigenvalue weighted by atomic mass is 16.5. The predicted molar refractivity (Wildman–Crippen MR) is 60.6 cm³/mol. The van der Waals surface area contributed by atoms with Gasteiger partial charge in [0.15, 0.2) is 0 Å². The van der Waals surface area contributed by atoms with Crippen molar-refractivity contribution in [1.29, 1.82) is 0 Å². The van der Waals surface area contributed by atoms with Gasteiger partial charge >= 0.3 is 0 Å². The number of carbonyl (C=O) groups is 1. The maximum atomic E-state index is 12.0. The Morgan fingerprint density at radius 2 is 2.35 bits per heavy atom. The Bertz CT molecular complexity index is 256. The number of aliphatic hydroxyl groups excluding tert-OH is 1. The van der Waals surface area contributed by atoms with Gasteiger partial charge in [0, 0.05) is 32.1 Å². The first-order chi connectivity index (χ1) is 8.29. The minimum Gasteiger partial charge on any atom is -0.394 e. The smallest absolute Gasteiger partial charge is 0.224 e. The standard InChI is InChI=1S/C11H20N2O4/c14-7-10-6-13(2-4-17-10)11(15)5-9-8-16-3-1-12-9/h9-10,12,14H,1-8H2. The molecule has 17 heavy (non-hydrogen) atoms. The molecular weight excluding hydrogens is 224 g/mol. The number of hydrogen-bond donors (Lipinski definition) is 2. The highest BCUT2D eigenvalue weighted by Crippen LogP contribution is 2.08. The van der Waals surface area contributed by atoms with Gasteiger partial charge in [-0.1, -0.05) is 0 Å². The normalized spacial score (nSPS) is 30.3. The van der Waals surface area contributed by atoms with Gasteiger partial charge < -0.3 is 24.8 Å². The van der Waals surface area contributed by atoms with Crippen molar-refractivity contribution in [1.82, 2.24) is 10.2 Å². The molecule has 2 aliphatic heterocycles. The average Bonchev–Trinajstić information content (AvgIpc) is 2.40. The minimum atomic E-state index is -0.233. The topological polar surface area (TPSA) is 71.0 Å². The van der Waals surface area contributed by atoms with E-state index in [0.29, 0.717) is 32.7 Å². The number of amides is 1. The number of ether oxygens (including phenoxy) is 2. The molecule has 2 N–H and O–H groups in total. The molecule has 6 heteroatoms. The van der Waals surface area contributed by atoms with Gasteiger partial charge in [0.2, 0.25) is 5.91 Å². The van der Waals surface area contributed by atoms with Gasteiger partial charge in [0.05, 0.1) is 32.5 Å². The summed E-state index contributed by atoms with van der Waals surface area (Å²) in [5, 5.41) is 12.3. The van der Waals surface area contributed by atoms with Crippen LogP contribution in [0.3, 0.4) is 0 Å². The summed E-state index contributed by atoms with van der Waals surface area (Å²) in [5.74, 6) is 0.106. The van der Waals surface area contributed by atoms with E-state index in [2.05, 4.69) is 5.32 Å². The van der Waals surface area contributed by atoms with Crippen molar-refractivity contribution in [3.8, 4) is 0 Å². The molecule has 0 spiro atoms. The van der Waals surface area contributed by atoms with Gasteiger partial charge in [-0.3, -0.25) is 4.79 Å². The van der Waals surface area contributed by atoms with Crippen LogP contribution in [-0.4, -0.2) is 74.1 Å². The van der Waals surface area contributed by atoms with Gasteiger partial charge in [-0.05, 0) is 0 Å². The van der Waals surface area contributed by atoms with Crippen LogP contribution in [0.5, 0.6) is 0 Å². The summed E-state index contributed by atoms with van der Waals surface area (Å²) >= 11 is 0. The summed E-state index contributed by atoms with van der Waals surface area (Å²) in [7, 11) is 0. The lowest BCUT2D eigenvalue weighted by Crippen LogP contribution is -2.50. The summed E-state index contributed by atoms with van der Waals surface area (Å²) in [6.45, 7) is 3.70. The molecule has 0 aliphatic carbocycles. The van der Waals surface area contributed by atoms with E-state index in [9.17, 15) is 4.79 Å². The SMILES string of the molecule is O=C(CC1COCCN1)N1CCOC(CO)C1. The molecule has 0 aromatic heterocycles. The molecule has 2 unspecified atom stereocenters. The van der Waals surface area contributed by atoms with Crippen LogP contribution in [0.25, 0.3) is 0 Å². The summed E-state index contributed by atoms with van der Waals surface area (Å²) in [4.78, 5) is 13.8. The molecular formula is C11H20N2O4. The highest BCUT2D eigenvalue weighted by molar-refractivity contribution is 5.77. The molecule has 6 nitrogen and oxygen atoms in total. The third-order valence-electron chi connectivity index (χ3n) is 3.11. The monoisotopic (exact) mass is 244 g/mol. The maximum Gasteiger partial charge on any atom is 0.224 e. The lowest BCUT2D eigenvalue weighted by molar-refractivity contribution is -0.141. The fourth-order valence-electron chi connectivity index (χ4n) is 2.15. The Morgan fingerprint density at radius 1 is 1.47 bits per heavy atom. The molecule has 0 aromatic carbocycles. The lowest BCUT2D eigenvalue weighted by atomic mass is 10.1. The molecule has 98 valence electrons. The number of carbonyl (C=O) groups excluding carboxylic acids is 1. The largest absolute Gasteiger partial charge is 0.394 e. The van der Waals surface area contributed by atoms with E-state index in [-0.39, 0.29) is 24.7 Å². The Balaban J connectivity index is 1.78. The predicted octanol–water partition coefficient (Wildman–Crippen LogP) is -1.42. The van der Waals surface area contributed by atoms with Crippen LogP contribution >= 0.6 is 0 Å². The molecule has 2 aliphatic rings. The van der Waals surface area contributed by atoms with Crippen LogP contribution in [0.2, 0.25) is 0 Å². The molecule has 2 atom stereocenters. The summed E-state index contributed by atoms with van der Waals surface area (Å²) in [6, 6.07) is 0.117. The summed E-state index contributed by atoms with van der Waals surface area (Å²) < 4.78 is 10.6. The quantitative estimate of drug-likeness (QED) is 0.638. The zero-order valence-electron chi connectivity index (χ0n) is 9.93. The zero-order valence-corrected chi connectivity index (χ0v) is 9.93. The van der Waals surface area contributed by atoms with Crippen LogP contribution < -0.4 is 5.32 Å². The van der Waals surface area contributed by atoms with Crippen LogP contribution in [0.15, 0.2) is 0 Å². The first-order valence-electron chi connectivity index (χ1n) is 6.11. The number of nitrogens with zero attached hydrogens (tertiary/aromatic N) is 1. The highest BCUT2D eigenvalue weighted by Gasteiger charge is 2.26. The van der Waals surface area contributed by atoms with E-state index in [0.717, 1.165) is 13.2 Å². The van der Waals surface area contributed by atoms with Crippen molar-refractivity contribution in [2.45, 2.75) is 18.6 Å². The molecule has 2 heterocycles. The summed E-state index contributed by atoms with van der Waals surface area (Å²) in [5.41, 5.74) is 0. The van der Waals surface area contributed by atoms with Crippen molar-refractivity contribution in [3.63, 3.8) is 0 Å². The van der Waals surface area contributed by atoms with Crippen LogP contribution in [0.4, 0.5) is 0 Å². The second-order valence-electron chi connectivity index (χ2n) is 4.45. The Kier molecular flexibility index (Phi) is 4.73. The van der Waals surface area contributed by atoms with Crippen molar-refractivity contribution in [2.24, 2.45) is 0 Å². The van der Waals surface area contributed by atoms with Crippen LogP contribution in [-0.2, 0) is 14.3 Å². The van der Waals surface area contributed by atoms with Crippen molar-refractivity contribution < 1.29 is 19.4 Å². The molecule has 0 bridgehead atoms. The fraction of sp³-hybridized carbons (Fsp3) is 0.909. The molecule has 0 saturated carbocycles. The Morgan fingerprint density at radius 3 is 3.06 bits per heavy atom. The lowest BCUT2D eigenvalue weighted by Gasteiger charge is -2.33. The van der Waals surface area contributed by atoms with Gasteiger partial charge in [0.1, 0.15) is 0 Å². The first kappa shape index (κ1) is 12.8. The molecule has 0 aromatic rings. The van der Waals surface area contributed by atoms with Crippen molar-refractivity contribution in [3.05, 3.63) is 0 Å². The molecule has 2 fully saturated rings. The van der Waals surface area contributed by atoms with Crippen LogP contribution in [0.1, 0.15) is 6.42 Å². The summed E-state index contributed by atoms with van der Waals surface area (Å²) in [6.07, 6.45) is 0.223. The van der Waals surface area contributed by atoms with E-state index < -0.39 is 0 Å².